The van der Waals surface area contributed by atoms with E-state index in [1.165, 1.54) is 0 Å². The van der Waals surface area contributed by atoms with Gasteiger partial charge in [-0.1, -0.05) is 0 Å². The molecule has 1 aromatic rings. The van der Waals surface area contributed by atoms with Gasteiger partial charge in [-0.3, -0.25) is 4.79 Å². The zero-order valence-corrected chi connectivity index (χ0v) is 10.4. The smallest absolute Gasteiger partial charge is 0.236 e. The summed E-state index contributed by atoms with van der Waals surface area (Å²) in [6, 6.07) is 5.38. The van der Waals surface area contributed by atoms with Crippen LogP contribution in [0.2, 0.25) is 0 Å². The third-order valence-electron chi connectivity index (χ3n) is 2.19. The van der Waals surface area contributed by atoms with Crippen molar-refractivity contribution in [1.29, 1.82) is 0 Å². The van der Waals surface area contributed by atoms with Gasteiger partial charge < -0.3 is 21.1 Å². The SMILES string of the molecule is CC(C)Oc1cc(N(C)CC(N)=O)ccc1N. The maximum Gasteiger partial charge on any atom is 0.236 e. The molecular weight excluding hydrogens is 218 g/mol. The van der Waals surface area contributed by atoms with Crippen LogP contribution in [-0.2, 0) is 4.79 Å². The number of nitrogen functional groups attached to an aromatic ring is 1. The van der Waals surface area contributed by atoms with E-state index in [1.807, 2.05) is 19.9 Å². The van der Waals surface area contributed by atoms with Gasteiger partial charge in [0.1, 0.15) is 5.75 Å². The summed E-state index contributed by atoms with van der Waals surface area (Å²) in [5, 5.41) is 0. The minimum Gasteiger partial charge on any atom is -0.489 e. The first-order valence-electron chi connectivity index (χ1n) is 5.45. The molecule has 0 bridgehead atoms. The molecule has 0 spiro atoms. The maximum absolute atomic E-state index is 10.8. The summed E-state index contributed by atoms with van der Waals surface area (Å²) < 4.78 is 5.57. The summed E-state index contributed by atoms with van der Waals surface area (Å²) in [7, 11) is 1.79. The molecule has 1 rings (SSSR count). The lowest BCUT2D eigenvalue weighted by Gasteiger charge is -2.20. The highest BCUT2D eigenvalue weighted by atomic mass is 16.5. The standard InChI is InChI=1S/C12H19N3O2/c1-8(2)17-11-6-9(4-5-10(11)13)15(3)7-12(14)16/h4-6,8H,7,13H2,1-3H3,(H2,14,16). The molecule has 17 heavy (non-hydrogen) atoms. The highest BCUT2D eigenvalue weighted by molar-refractivity contribution is 5.79. The van der Waals surface area contributed by atoms with Crippen LogP contribution >= 0.6 is 0 Å². The van der Waals surface area contributed by atoms with Gasteiger partial charge in [0.15, 0.2) is 0 Å². The number of ether oxygens (including phenoxy) is 1. The van der Waals surface area contributed by atoms with E-state index in [0.717, 1.165) is 5.69 Å². The lowest BCUT2D eigenvalue weighted by Crippen LogP contribution is -2.30. The Morgan fingerprint density at radius 3 is 2.65 bits per heavy atom. The number of benzene rings is 1. The number of hydrogen-bond donors (Lipinski definition) is 2. The fraction of sp³-hybridized carbons (Fsp3) is 0.417. The predicted octanol–water partition coefficient (Wildman–Crippen LogP) is 0.977. The molecular formula is C12H19N3O2. The van der Waals surface area contributed by atoms with Crippen molar-refractivity contribution in [2.24, 2.45) is 5.73 Å². The molecule has 5 nitrogen and oxygen atoms in total. The van der Waals surface area contributed by atoms with Crippen LogP contribution in [0.4, 0.5) is 11.4 Å². The molecule has 5 heteroatoms. The molecule has 0 saturated heterocycles. The Hall–Kier alpha value is -1.91. The average molecular weight is 237 g/mol. The minimum atomic E-state index is -0.379. The quantitative estimate of drug-likeness (QED) is 0.748. The number of nitrogens with zero attached hydrogens (tertiary/aromatic N) is 1. The van der Waals surface area contributed by atoms with Crippen LogP contribution in [0.1, 0.15) is 13.8 Å². The lowest BCUT2D eigenvalue weighted by molar-refractivity contribution is -0.116. The summed E-state index contributed by atoms with van der Waals surface area (Å²) in [6.07, 6.45) is 0.0500. The molecule has 0 radical (unpaired) electrons. The number of likely N-dealkylation sites (N-methyl/N-ethyl adjacent to an activating group) is 1. The van der Waals surface area contributed by atoms with E-state index in [9.17, 15) is 4.79 Å². The maximum atomic E-state index is 10.8. The van der Waals surface area contributed by atoms with Crippen molar-refractivity contribution in [1.82, 2.24) is 0 Å². The number of rotatable bonds is 5. The first-order valence-corrected chi connectivity index (χ1v) is 5.45. The van der Waals surface area contributed by atoms with Gasteiger partial charge in [-0.25, -0.2) is 0 Å². The van der Waals surface area contributed by atoms with Gasteiger partial charge in [0, 0.05) is 18.8 Å². The van der Waals surface area contributed by atoms with E-state index in [2.05, 4.69) is 0 Å². The first kappa shape index (κ1) is 13.2. The van der Waals surface area contributed by atoms with Crippen LogP contribution in [0, 0.1) is 0 Å². The Kier molecular flexibility index (Phi) is 4.20. The summed E-state index contributed by atoms with van der Waals surface area (Å²) in [6.45, 7) is 4.02. The number of nitrogens with two attached hydrogens (primary N) is 2. The number of carbonyl (C=O) groups excluding carboxylic acids is 1. The van der Waals surface area contributed by atoms with E-state index >= 15 is 0 Å². The van der Waals surface area contributed by atoms with Gasteiger partial charge >= 0.3 is 0 Å². The minimum absolute atomic E-state index is 0.0500. The Morgan fingerprint density at radius 1 is 1.47 bits per heavy atom. The van der Waals surface area contributed by atoms with Crippen molar-refractivity contribution in [3.63, 3.8) is 0 Å². The molecule has 1 aromatic carbocycles. The molecule has 1 amide bonds. The van der Waals surface area contributed by atoms with Crippen molar-refractivity contribution in [3.05, 3.63) is 18.2 Å². The van der Waals surface area contributed by atoms with E-state index < -0.39 is 0 Å². The van der Waals surface area contributed by atoms with Gasteiger partial charge in [-0.2, -0.15) is 0 Å². The molecule has 94 valence electrons. The predicted molar refractivity (Wildman–Crippen MR) is 69.1 cm³/mol. The number of hydrogen-bond acceptors (Lipinski definition) is 4. The molecule has 0 aliphatic heterocycles. The van der Waals surface area contributed by atoms with Crippen molar-refractivity contribution >= 4 is 17.3 Å². The fourth-order valence-electron chi connectivity index (χ4n) is 1.44. The second kappa shape index (κ2) is 5.43. The second-order valence-electron chi connectivity index (χ2n) is 4.21. The molecule has 0 aliphatic rings. The molecule has 0 aliphatic carbocycles. The highest BCUT2D eigenvalue weighted by Gasteiger charge is 2.08. The van der Waals surface area contributed by atoms with Crippen LogP contribution in [-0.4, -0.2) is 25.6 Å². The van der Waals surface area contributed by atoms with Crippen molar-refractivity contribution < 1.29 is 9.53 Å². The molecule has 0 saturated carbocycles. The Labute approximate surface area is 101 Å². The number of anilines is 2. The van der Waals surface area contributed by atoms with Crippen LogP contribution < -0.4 is 21.1 Å². The molecule has 0 aromatic heterocycles. The topological polar surface area (TPSA) is 81.6 Å². The number of primary amides is 1. The van der Waals surface area contributed by atoms with Crippen molar-refractivity contribution in [2.45, 2.75) is 20.0 Å². The summed E-state index contributed by atoms with van der Waals surface area (Å²) in [5.41, 5.74) is 12.4. The lowest BCUT2D eigenvalue weighted by atomic mass is 10.2. The summed E-state index contributed by atoms with van der Waals surface area (Å²) >= 11 is 0. The number of carbonyl (C=O) groups is 1. The zero-order valence-electron chi connectivity index (χ0n) is 10.4. The van der Waals surface area contributed by atoms with Crippen LogP contribution in [0.5, 0.6) is 5.75 Å². The van der Waals surface area contributed by atoms with Gasteiger partial charge in [-0.05, 0) is 26.0 Å². The van der Waals surface area contributed by atoms with E-state index in [1.54, 1.807) is 24.1 Å². The monoisotopic (exact) mass is 237 g/mol. The molecule has 4 N–H and O–H groups in total. The van der Waals surface area contributed by atoms with Crippen LogP contribution in [0.25, 0.3) is 0 Å². The summed E-state index contributed by atoms with van der Waals surface area (Å²) in [5.74, 6) is 0.240. The first-order chi connectivity index (χ1) is 7.90. The van der Waals surface area contributed by atoms with Gasteiger partial charge in [0.25, 0.3) is 0 Å². The van der Waals surface area contributed by atoms with Crippen molar-refractivity contribution in [3.8, 4) is 5.75 Å². The molecule has 0 atom stereocenters. The zero-order chi connectivity index (χ0) is 13.0. The summed E-state index contributed by atoms with van der Waals surface area (Å²) in [4.78, 5) is 12.6. The third kappa shape index (κ3) is 3.86. The van der Waals surface area contributed by atoms with E-state index in [4.69, 9.17) is 16.2 Å². The molecule has 0 heterocycles. The normalized spacial score (nSPS) is 10.4. The fourth-order valence-corrected chi connectivity index (χ4v) is 1.44. The van der Waals surface area contributed by atoms with E-state index in [0.29, 0.717) is 11.4 Å². The van der Waals surface area contributed by atoms with Crippen LogP contribution in [0.3, 0.4) is 0 Å². The third-order valence-corrected chi connectivity index (χ3v) is 2.19. The highest BCUT2D eigenvalue weighted by Crippen LogP contribution is 2.27. The van der Waals surface area contributed by atoms with Gasteiger partial charge in [-0.15, -0.1) is 0 Å². The van der Waals surface area contributed by atoms with E-state index in [-0.39, 0.29) is 18.6 Å². The largest absolute Gasteiger partial charge is 0.489 e. The molecule has 0 unspecified atom stereocenters. The Morgan fingerprint density at radius 2 is 2.12 bits per heavy atom. The van der Waals surface area contributed by atoms with Gasteiger partial charge in [0.05, 0.1) is 18.3 Å². The second-order valence-corrected chi connectivity index (χ2v) is 4.21. The van der Waals surface area contributed by atoms with Crippen LogP contribution in [0.15, 0.2) is 18.2 Å². The Bertz CT molecular complexity index is 405. The van der Waals surface area contributed by atoms with Gasteiger partial charge in [0.2, 0.25) is 5.91 Å². The molecule has 0 fully saturated rings. The average Bonchev–Trinajstić information content (AvgIpc) is 2.19. The Balaban J connectivity index is 2.91. The van der Waals surface area contributed by atoms with Crippen molar-refractivity contribution in [2.75, 3.05) is 24.2 Å². The number of amides is 1.